The summed E-state index contributed by atoms with van der Waals surface area (Å²) in [6.07, 6.45) is -3.63. The minimum absolute atomic E-state index is 0.120. The average molecular weight is 327 g/mol. The molecule has 0 aliphatic heterocycles. The SMILES string of the molecule is O=[N+]([O-])c1cc(C(F)(F)F)ccc1N/N=C/c1ccccc1F. The van der Waals surface area contributed by atoms with Crippen molar-refractivity contribution in [3.05, 3.63) is 69.5 Å². The van der Waals surface area contributed by atoms with Crippen molar-refractivity contribution in [2.24, 2.45) is 5.10 Å². The third-order valence-corrected chi connectivity index (χ3v) is 2.82. The highest BCUT2D eigenvalue weighted by molar-refractivity contribution is 5.80. The summed E-state index contributed by atoms with van der Waals surface area (Å²) in [6, 6.07) is 7.63. The van der Waals surface area contributed by atoms with Gasteiger partial charge in [0.15, 0.2) is 0 Å². The fourth-order valence-electron chi connectivity index (χ4n) is 1.70. The quantitative estimate of drug-likeness (QED) is 0.396. The number of nitro benzene ring substituents is 1. The van der Waals surface area contributed by atoms with Gasteiger partial charge in [0, 0.05) is 11.6 Å². The van der Waals surface area contributed by atoms with Crippen LogP contribution in [-0.4, -0.2) is 11.1 Å². The molecular formula is C14H9F4N3O2. The van der Waals surface area contributed by atoms with E-state index in [1.165, 1.54) is 18.2 Å². The number of halogens is 4. The highest BCUT2D eigenvalue weighted by atomic mass is 19.4. The minimum atomic E-state index is -4.69. The number of alkyl halides is 3. The second kappa shape index (κ2) is 6.42. The normalized spacial score (nSPS) is 11.7. The van der Waals surface area contributed by atoms with Crippen molar-refractivity contribution in [1.29, 1.82) is 0 Å². The Morgan fingerprint density at radius 2 is 1.87 bits per heavy atom. The largest absolute Gasteiger partial charge is 0.416 e. The van der Waals surface area contributed by atoms with Crippen LogP contribution in [0.1, 0.15) is 11.1 Å². The molecule has 5 nitrogen and oxygen atoms in total. The molecule has 0 fully saturated rings. The van der Waals surface area contributed by atoms with Crippen molar-refractivity contribution < 1.29 is 22.5 Å². The van der Waals surface area contributed by atoms with Crippen LogP contribution >= 0.6 is 0 Å². The molecule has 9 heteroatoms. The van der Waals surface area contributed by atoms with Crippen molar-refractivity contribution in [2.45, 2.75) is 6.18 Å². The van der Waals surface area contributed by atoms with E-state index in [0.29, 0.717) is 12.1 Å². The molecule has 0 saturated carbocycles. The molecule has 0 aromatic heterocycles. The van der Waals surface area contributed by atoms with Gasteiger partial charge in [-0.3, -0.25) is 15.5 Å². The first kappa shape index (κ1) is 16.4. The Morgan fingerprint density at radius 3 is 2.48 bits per heavy atom. The Labute approximate surface area is 127 Å². The van der Waals surface area contributed by atoms with E-state index < -0.39 is 28.2 Å². The van der Waals surface area contributed by atoms with Gasteiger partial charge in [-0.25, -0.2) is 4.39 Å². The lowest BCUT2D eigenvalue weighted by Crippen LogP contribution is -2.06. The van der Waals surface area contributed by atoms with Crippen LogP contribution < -0.4 is 5.43 Å². The van der Waals surface area contributed by atoms with Gasteiger partial charge in [-0.05, 0) is 18.2 Å². The number of benzene rings is 2. The number of anilines is 1. The summed E-state index contributed by atoms with van der Waals surface area (Å²) < 4.78 is 51.1. The molecule has 0 spiro atoms. The number of nitrogens with zero attached hydrogens (tertiary/aromatic N) is 2. The zero-order valence-corrected chi connectivity index (χ0v) is 11.3. The lowest BCUT2D eigenvalue weighted by molar-refractivity contribution is -0.384. The smallest absolute Gasteiger partial charge is 0.272 e. The molecule has 0 radical (unpaired) electrons. The van der Waals surface area contributed by atoms with Crippen molar-refractivity contribution >= 4 is 17.6 Å². The molecule has 0 atom stereocenters. The van der Waals surface area contributed by atoms with E-state index in [-0.39, 0.29) is 11.3 Å². The van der Waals surface area contributed by atoms with Gasteiger partial charge >= 0.3 is 6.18 Å². The molecule has 0 unspecified atom stereocenters. The highest BCUT2D eigenvalue weighted by Gasteiger charge is 2.33. The molecule has 23 heavy (non-hydrogen) atoms. The standard InChI is InChI=1S/C14H9F4N3O2/c15-11-4-2-1-3-9(11)8-19-20-12-6-5-10(14(16,17)18)7-13(12)21(22)23/h1-8,20H/b19-8+. The molecule has 1 N–H and O–H groups in total. The van der Waals surface area contributed by atoms with E-state index in [2.05, 4.69) is 10.5 Å². The summed E-state index contributed by atoms with van der Waals surface area (Å²) in [7, 11) is 0. The summed E-state index contributed by atoms with van der Waals surface area (Å²) in [5.74, 6) is -0.556. The van der Waals surface area contributed by atoms with E-state index in [4.69, 9.17) is 0 Å². The van der Waals surface area contributed by atoms with E-state index in [9.17, 15) is 27.7 Å². The predicted octanol–water partition coefficient (Wildman–Crippen LogP) is 4.20. The molecular weight excluding hydrogens is 318 g/mol. The predicted molar refractivity (Wildman–Crippen MR) is 75.7 cm³/mol. The highest BCUT2D eigenvalue weighted by Crippen LogP contribution is 2.34. The van der Waals surface area contributed by atoms with E-state index in [1.807, 2.05) is 0 Å². The Morgan fingerprint density at radius 1 is 1.17 bits per heavy atom. The van der Waals surface area contributed by atoms with Gasteiger partial charge in [-0.2, -0.15) is 18.3 Å². The number of nitrogens with one attached hydrogen (secondary N) is 1. The zero-order chi connectivity index (χ0) is 17.0. The summed E-state index contributed by atoms with van der Waals surface area (Å²) >= 11 is 0. The van der Waals surface area contributed by atoms with Crippen LogP contribution in [-0.2, 0) is 6.18 Å². The third kappa shape index (κ3) is 4.02. The van der Waals surface area contributed by atoms with Crippen molar-refractivity contribution in [2.75, 3.05) is 5.43 Å². The number of rotatable bonds is 4. The lowest BCUT2D eigenvalue weighted by Gasteiger charge is -2.08. The minimum Gasteiger partial charge on any atom is -0.272 e. The molecule has 2 aromatic rings. The van der Waals surface area contributed by atoms with Crippen LogP contribution in [0, 0.1) is 15.9 Å². The lowest BCUT2D eigenvalue weighted by atomic mass is 10.1. The van der Waals surface area contributed by atoms with Gasteiger partial charge in [0.2, 0.25) is 0 Å². The zero-order valence-electron chi connectivity index (χ0n) is 11.3. The second-order valence-corrected chi connectivity index (χ2v) is 4.38. The monoisotopic (exact) mass is 327 g/mol. The van der Waals surface area contributed by atoms with Crippen molar-refractivity contribution in [1.82, 2.24) is 0 Å². The molecule has 0 bridgehead atoms. The van der Waals surface area contributed by atoms with Crippen LogP contribution in [0.15, 0.2) is 47.6 Å². The summed E-state index contributed by atoms with van der Waals surface area (Å²) in [5, 5.41) is 14.5. The molecule has 0 saturated heterocycles. The topological polar surface area (TPSA) is 67.5 Å². The number of hydrogen-bond donors (Lipinski definition) is 1. The van der Waals surface area contributed by atoms with E-state index in [0.717, 1.165) is 12.3 Å². The summed E-state index contributed by atoms with van der Waals surface area (Å²) in [5.41, 5.74) is 0.190. The third-order valence-electron chi connectivity index (χ3n) is 2.82. The fourth-order valence-corrected chi connectivity index (χ4v) is 1.70. The fraction of sp³-hybridized carbons (Fsp3) is 0.0714. The second-order valence-electron chi connectivity index (χ2n) is 4.38. The van der Waals surface area contributed by atoms with Crippen LogP contribution in [0.3, 0.4) is 0 Å². The summed E-state index contributed by atoms with van der Waals surface area (Å²) in [4.78, 5) is 9.91. The summed E-state index contributed by atoms with van der Waals surface area (Å²) in [6.45, 7) is 0. The van der Waals surface area contributed by atoms with Gasteiger partial charge in [0.25, 0.3) is 5.69 Å². The Hall–Kier alpha value is -2.97. The maximum absolute atomic E-state index is 13.4. The van der Waals surface area contributed by atoms with Crippen molar-refractivity contribution in [3.63, 3.8) is 0 Å². The molecule has 120 valence electrons. The number of hydrogen-bond acceptors (Lipinski definition) is 4. The van der Waals surface area contributed by atoms with E-state index >= 15 is 0 Å². The van der Waals surface area contributed by atoms with Gasteiger partial charge in [0.05, 0.1) is 16.7 Å². The molecule has 2 rings (SSSR count). The van der Waals surface area contributed by atoms with Crippen LogP contribution in [0.4, 0.5) is 28.9 Å². The Kier molecular flexibility index (Phi) is 4.58. The van der Waals surface area contributed by atoms with Crippen LogP contribution in [0.25, 0.3) is 0 Å². The molecule has 0 amide bonds. The maximum Gasteiger partial charge on any atom is 0.416 e. The molecule has 2 aromatic carbocycles. The Balaban J connectivity index is 2.26. The maximum atomic E-state index is 13.4. The van der Waals surface area contributed by atoms with Gasteiger partial charge in [-0.15, -0.1) is 0 Å². The Bertz CT molecular complexity index is 760. The number of hydrazone groups is 1. The van der Waals surface area contributed by atoms with Crippen molar-refractivity contribution in [3.8, 4) is 0 Å². The average Bonchev–Trinajstić information content (AvgIpc) is 2.48. The first-order chi connectivity index (χ1) is 10.8. The molecule has 0 aliphatic carbocycles. The first-order valence-corrected chi connectivity index (χ1v) is 6.18. The van der Waals surface area contributed by atoms with Gasteiger partial charge in [-0.1, -0.05) is 18.2 Å². The first-order valence-electron chi connectivity index (χ1n) is 6.18. The molecule has 0 aliphatic rings. The van der Waals surface area contributed by atoms with Crippen LogP contribution in [0.2, 0.25) is 0 Å². The number of nitro groups is 1. The van der Waals surface area contributed by atoms with Crippen LogP contribution in [0.5, 0.6) is 0 Å². The van der Waals surface area contributed by atoms with Gasteiger partial charge < -0.3 is 0 Å². The van der Waals surface area contributed by atoms with E-state index in [1.54, 1.807) is 6.07 Å². The van der Waals surface area contributed by atoms with Gasteiger partial charge in [0.1, 0.15) is 11.5 Å². The molecule has 0 heterocycles.